The van der Waals surface area contributed by atoms with Crippen LogP contribution in [0.5, 0.6) is 17.2 Å². The summed E-state index contributed by atoms with van der Waals surface area (Å²) in [6, 6.07) is 38.8. The van der Waals surface area contributed by atoms with E-state index in [-0.39, 0.29) is 17.9 Å². The van der Waals surface area contributed by atoms with Gasteiger partial charge in [-0.25, -0.2) is 4.98 Å². The summed E-state index contributed by atoms with van der Waals surface area (Å²) < 4.78 is 30.2. The molecule has 15 atom stereocenters. The number of nitrogens with one attached hydrogen (secondary N) is 2. The summed E-state index contributed by atoms with van der Waals surface area (Å²) in [5, 5.41) is 127. The summed E-state index contributed by atoms with van der Waals surface area (Å²) in [6.45, 7) is -1.71. The summed E-state index contributed by atoms with van der Waals surface area (Å²) in [4.78, 5) is 18.3. The maximum absolute atomic E-state index is 11.1. The third-order valence-electron chi connectivity index (χ3n) is 16.3. The van der Waals surface area contributed by atoms with Gasteiger partial charge in [-0.3, -0.25) is 4.98 Å². The van der Waals surface area contributed by atoms with Crippen LogP contribution in [0.1, 0.15) is 29.2 Å². The lowest BCUT2D eigenvalue weighted by atomic mass is 9.81. The molecular weight excluding hydrogens is 1080 g/mol. The van der Waals surface area contributed by atoms with E-state index in [0.29, 0.717) is 96.8 Å². The molecule has 8 bridgehead atoms. The van der Waals surface area contributed by atoms with Gasteiger partial charge in [-0.15, -0.1) is 0 Å². The molecule has 84 heavy (non-hydrogen) atoms. The highest BCUT2D eigenvalue weighted by Gasteiger charge is 2.47. The topological polar surface area (TPSA) is 346 Å². The highest BCUT2D eigenvalue weighted by atomic mass is 16.7. The standard InChI is InChI=1S/C63H64N4O17/c68-27-34-26-46(54(72)57(75)53(34)71)80-35-12-4-9-31(23-35)50-42-19-21-44(66-42)51(32-10-5-13-36(24-32)81-62-60(78)58(76)55(73)47(28-69)83-62)40-17-15-38(64-40)49(30-7-2-1-3-8-30)39-16-18-41(65-39)52(45-22-20-43(50)67-45)33-11-6-14-37(25-33)82-63-61(79)59(77)56(74)48(29-70)84-63/h1-19,21,23-25,34,46-48,53-63,65-66,68-79H,20,22,26-29H2/t34-,46-,47-,48-,53-,54+,55-,56-,57+,58+,59+,60-,61-,62-,63-/m1/s1. The Bertz CT molecular complexity index is 3720. The smallest absolute Gasteiger partial charge is 0.229 e. The summed E-state index contributed by atoms with van der Waals surface area (Å²) >= 11 is 0. The van der Waals surface area contributed by atoms with Crippen LogP contribution < -0.4 is 14.2 Å². The summed E-state index contributed by atoms with van der Waals surface area (Å²) in [7, 11) is 0. The Kier molecular flexibility index (Phi) is 16.2. The van der Waals surface area contributed by atoms with Crippen LogP contribution in [0.25, 0.3) is 78.7 Å². The number of aromatic amines is 2. The van der Waals surface area contributed by atoms with Gasteiger partial charge in [-0.05, 0) is 114 Å². The van der Waals surface area contributed by atoms with Gasteiger partial charge >= 0.3 is 0 Å². The van der Waals surface area contributed by atoms with E-state index in [1.807, 2.05) is 84.9 Å². The number of aryl methyl sites for hydroxylation is 2. The fraction of sp³-hybridized carbons (Fsp3) is 0.333. The normalized spacial score (nSPS) is 28.7. The molecule has 21 heteroatoms. The van der Waals surface area contributed by atoms with E-state index >= 15 is 0 Å². The second-order valence-electron chi connectivity index (χ2n) is 21.7. The van der Waals surface area contributed by atoms with Crippen molar-refractivity contribution in [2.45, 2.75) is 105 Å². The van der Waals surface area contributed by atoms with Crippen LogP contribution in [0.15, 0.2) is 127 Å². The van der Waals surface area contributed by atoms with Crippen LogP contribution in [0, 0.1) is 5.92 Å². The minimum absolute atomic E-state index is 0.0605. The molecule has 0 spiro atoms. The number of ether oxygens (including phenoxy) is 5. The molecule has 0 radical (unpaired) electrons. The zero-order valence-corrected chi connectivity index (χ0v) is 45.0. The number of aliphatic hydroxyl groups is 12. The number of benzene rings is 4. The maximum atomic E-state index is 11.1. The van der Waals surface area contributed by atoms with Crippen molar-refractivity contribution in [2.75, 3.05) is 19.8 Å². The van der Waals surface area contributed by atoms with Crippen molar-refractivity contribution in [1.82, 2.24) is 19.9 Å². The zero-order valence-electron chi connectivity index (χ0n) is 45.0. The first-order valence-electron chi connectivity index (χ1n) is 27.8. The minimum atomic E-state index is -1.67. The molecule has 4 aromatic carbocycles. The molecule has 3 fully saturated rings. The van der Waals surface area contributed by atoms with Crippen LogP contribution in [-0.4, -0.2) is 187 Å². The van der Waals surface area contributed by atoms with E-state index in [4.69, 9.17) is 33.7 Å². The highest BCUT2D eigenvalue weighted by Crippen LogP contribution is 2.41. The molecule has 5 aliphatic rings. The Morgan fingerprint density at radius 3 is 1.29 bits per heavy atom. The van der Waals surface area contributed by atoms with Gasteiger partial charge in [0, 0.05) is 56.8 Å². The number of hydrogen-bond donors (Lipinski definition) is 14. The lowest BCUT2D eigenvalue weighted by Gasteiger charge is -2.39. The highest BCUT2D eigenvalue weighted by molar-refractivity contribution is 5.97. The molecule has 1 saturated carbocycles. The van der Waals surface area contributed by atoms with Gasteiger partial charge in [0.05, 0.1) is 42.1 Å². The van der Waals surface area contributed by atoms with E-state index in [9.17, 15) is 61.3 Å². The van der Waals surface area contributed by atoms with E-state index in [0.717, 1.165) is 11.1 Å². The van der Waals surface area contributed by atoms with Crippen LogP contribution in [0.2, 0.25) is 0 Å². The van der Waals surface area contributed by atoms with Crippen LogP contribution >= 0.6 is 0 Å². The molecule has 7 aromatic rings. The van der Waals surface area contributed by atoms with E-state index in [2.05, 4.69) is 9.97 Å². The van der Waals surface area contributed by atoms with Crippen molar-refractivity contribution in [3.8, 4) is 61.8 Å². The molecule has 438 valence electrons. The van der Waals surface area contributed by atoms with Crippen LogP contribution in [0.4, 0.5) is 0 Å². The second-order valence-corrected chi connectivity index (χ2v) is 21.7. The summed E-state index contributed by atoms with van der Waals surface area (Å²) in [5.74, 6) is 0.0513. The predicted octanol–water partition coefficient (Wildman–Crippen LogP) is 3.14. The second kappa shape index (κ2) is 23.9. The summed E-state index contributed by atoms with van der Waals surface area (Å²) in [5.41, 5.74) is 10.6. The van der Waals surface area contributed by atoms with Gasteiger partial charge in [-0.2, -0.15) is 0 Å². The molecular formula is C63H64N4O17. The van der Waals surface area contributed by atoms with Crippen molar-refractivity contribution in [1.29, 1.82) is 0 Å². The van der Waals surface area contributed by atoms with Gasteiger partial charge in [0.2, 0.25) is 12.6 Å². The monoisotopic (exact) mass is 1150 g/mol. The quantitative estimate of drug-likeness (QED) is 0.0788. The number of aliphatic hydroxyl groups excluding tert-OH is 12. The van der Waals surface area contributed by atoms with Gasteiger partial charge in [0.1, 0.15) is 84.4 Å². The Labute approximate surface area is 480 Å². The van der Waals surface area contributed by atoms with Crippen molar-refractivity contribution < 1.29 is 85.0 Å². The number of hydrogen-bond acceptors (Lipinski definition) is 19. The first-order chi connectivity index (χ1) is 40.7. The van der Waals surface area contributed by atoms with Crippen molar-refractivity contribution in [3.05, 3.63) is 150 Å². The number of aromatic nitrogens is 4. The van der Waals surface area contributed by atoms with Gasteiger partial charge < -0.3 is 94.9 Å². The first kappa shape index (κ1) is 57.0. The number of rotatable bonds is 13. The molecule has 7 heterocycles. The predicted molar refractivity (Wildman–Crippen MR) is 306 cm³/mol. The molecule has 4 aliphatic heterocycles. The molecule has 1 aliphatic carbocycles. The molecule has 3 aromatic heterocycles. The maximum Gasteiger partial charge on any atom is 0.229 e. The Morgan fingerprint density at radius 1 is 0.405 bits per heavy atom. The third-order valence-corrected chi connectivity index (χ3v) is 16.3. The van der Waals surface area contributed by atoms with E-state index < -0.39 is 112 Å². The largest absolute Gasteiger partial charge is 0.488 e. The lowest BCUT2D eigenvalue weighted by Crippen LogP contribution is -2.60. The summed E-state index contributed by atoms with van der Waals surface area (Å²) in [6.07, 6.45) is -15.7. The number of fused-ring (bicyclic) bond motifs is 8. The number of nitrogens with zero attached hydrogens (tertiary/aromatic N) is 2. The minimum Gasteiger partial charge on any atom is -0.488 e. The van der Waals surface area contributed by atoms with Crippen molar-refractivity contribution >= 4 is 34.2 Å². The van der Waals surface area contributed by atoms with Gasteiger partial charge in [-0.1, -0.05) is 66.7 Å². The molecule has 2 saturated heterocycles. The lowest BCUT2D eigenvalue weighted by molar-refractivity contribution is -0.277. The molecule has 21 nitrogen and oxygen atoms in total. The first-order valence-corrected chi connectivity index (χ1v) is 27.8. The molecule has 12 rings (SSSR count). The van der Waals surface area contributed by atoms with E-state index in [1.54, 1.807) is 54.6 Å². The van der Waals surface area contributed by atoms with Gasteiger partial charge in [0.15, 0.2) is 0 Å². The SMILES string of the molecule is OC[C@H]1C[C@@H](Oc2cccc(-c3c4nc(c(-c5cccc(O[C@@H]6O[C@H](CO)[C@@H](O)[C@H](O)[C@H]6O)c5)c5ccc([nH]5)c(-c5ccccc5)c5nc(c(-c6cccc(O[C@@H]7O[C@H](CO)[C@@H](O)[C@H](O)[C@H]7O)c6)c6ccc3[nH]6)C=C5)CC4)c2)[C@H](O)[C@@H](O)[C@@H]1O. The fourth-order valence-corrected chi connectivity index (χ4v) is 11.9. The van der Waals surface area contributed by atoms with Gasteiger partial charge in [0.25, 0.3) is 0 Å². The van der Waals surface area contributed by atoms with Crippen molar-refractivity contribution in [2.24, 2.45) is 5.92 Å². The third kappa shape index (κ3) is 10.9. The average molecular weight is 1150 g/mol. The average Bonchev–Trinajstić information content (AvgIpc) is 4.40. The Hall–Kier alpha value is -7.42. The molecule has 0 amide bonds. The van der Waals surface area contributed by atoms with Crippen LogP contribution in [-0.2, 0) is 22.3 Å². The Balaban J connectivity index is 1.08. The fourth-order valence-electron chi connectivity index (χ4n) is 11.9. The van der Waals surface area contributed by atoms with Crippen molar-refractivity contribution in [3.63, 3.8) is 0 Å². The van der Waals surface area contributed by atoms with Crippen LogP contribution in [0.3, 0.4) is 0 Å². The number of H-pyrrole nitrogens is 2. The Morgan fingerprint density at radius 2 is 0.821 bits per heavy atom. The molecule has 14 N–H and O–H groups in total. The zero-order chi connectivity index (χ0) is 58.5. The molecule has 0 unspecified atom stereocenters. The van der Waals surface area contributed by atoms with E-state index in [1.165, 1.54) is 0 Å².